The Kier molecular flexibility index (Phi) is 7.19. The van der Waals surface area contributed by atoms with Crippen LogP contribution in [0.4, 0.5) is 11.4 Å². The van der Waals surface area contributed by atoms with Gasteiger partial charge in [0.15, 0.2) is 17.6 Å². The van der Waals surface area contributed by atoms with Gasteiger partial charge in [0.1, 0.15) is 5.76 Å². The van der Waals surface area contributed by atoms with Gasteiger partial charge in [-0.05, 0) is 56.7 Å². The molecule has 0 radical (unpaired) electrons. The van der Waals surface area contributed by atoms with E-state index in [1.54, 1.807) is 56.3 Å². The van der Waals surface area contributed by atoms with Crippen molar-refractivity contribution in [2.75, 3.05) is 5.32 Å². The number of nitrogens with one attached hydrogen (secondary N) is 2. The smallest absolute Gasteiger partial charge is 0.310 e. The molecule has 0 saturated carbocycles. The molecule has 3 aromatic rings. The van der Waals surface area contributed by atoms with Crippen LogP contribution in [-0.2, 0) is 4.79 Å². The summed E-state index contributed by atoms with van der Waals surface area (Å²) in [4.78, 5) is 35.1. The van der Waals surface area contributed by atoms with Crippen molar-refractivity contribution in [2.45, 2.75) is 26.9 Å². The molecule has 2 amide bonds. The first-order valence-corrected chi connectivity index (χ1v) is 9.97. The van der Waals surface area contributed by atoms with Crippen molar-refractivity contribution >= 4 is 28.9 Å². The molecule has 1 heterocycles. The lowest BCUT2D eigenvalue weighted by molar-refractivity contribution is -0.386. The average molecular weight is 450 g/mol. The van der Waals surface area contributed by atoms with Crippen LogP contribution in [0.3, 0.4) is 0 Å². The van der Waals surface area contributed by atoms with Crippen LogP contribution < -0.4 is 15.5 Å². The minimum absolute atomic E-state index is 0.0129. The van der Waals surface area contributed by atoms with Gasteiger partial charge in [0.05, 0.1) is 10.6 Å². The van der Waals surface area contributed by atoms with Crippen LogP contribution in [0.5, 0.6) is 5.75 Å². The van der Waals surface area contributed by atoms with Gasteiger partial charge in [0.25, 0.3) is 11.8 Å². The molecule has 3 rings (SSSR count). The quantitative estimate of drug-likeness (QED) is 0.302. The van der Waals surface area contributed by atoms with Crippen molar-refractivity contribution in [3.05, 3.63) is 87.9 Å². The van der Waals surface area contributed by atoms with Crippen LogP contribution in [0.1, 0.15) is 35.7 Å². The van der Waals surface area contributed by atoms with Crippen LogP contribution >= 0.6 is 0 Å². The number of para-hydroxylation sites is 2. The summed E-state index contributed by atoms with van der Waals surface area (Å²) in [5, 5.41) is 17.9. The Morgan fingerprint density at radius 3 is 2.58 bits per heavy atom. The molecule has 1 aromatic heterocycles. The molecular weight excluding hydrogens is 428 g/mol. The van der Waals surface area contributed by atoms with Gasteiger partial charge in [-0.1, -0.05) is 24.3 Å². The fraction of sp³-hybridized carbons (Fsp3) is 0.174. The first kappa shape index (κ1) is 23.2. The lowest BCUT2D eigenvalue weighted by Gasteiger charge is -2.13. The molecule has 0 aliphatic rings. The molecule has 0 unspecified atom stereocenters. The molecule has 2 aromatic carbocycles. The minimum Gasteiger partial charge on any atom is -0.474 e. The Morgan fingerprint density at radius 1 is 1.12 bits per heavy atom. The van der Waals surface area contributed by atoms with E-state index in [9.17, 15) is 19.7 Å². The third-order valence-electron chi connectivity index (χ3n) is 4.57. The fourth-order valence-corrected chi connectivity index (χ4v) is 2.82. The lowest BCUT2D eigenvalue weighted by Crippen LogP contribution is -2.34. The number of aryl methyl sites for hydroxylation is 1. The maximum absolute atomic E-state index is 12.4. The number of hydrogen-bond acceptors (Lipinski definition) is 7. The second kappa shape index (κ2) is 10.2. The highest BCUT2D eigenvalue weighted by atomic mass is 16.6. The molecule has 170 valence electrons. The number of nitrogens with zero attached hydrogens (tertiary/aromatic N) is 2. The fourth-order valence-electron chi connectivity index (χ4n) is 2.82. The minimum atomic E-state index is -1.02. The van der Waals surface area contributed by atoms with Gasteiger partial charge in [0.2, 0.25) is 0 Å². The molecule has 33 heavy (non-hydrogen) atoms. The SMILES string of the molecule is CC(=NNC(=O)[C@@H](C)Oc1ccccc1[N+](=O)[O-])c1cccc(NC(=O)c2ccc(C)o2)c1. The third-order valence-corrected chi connectivity index (χ3v) is 4.57. The predicted octanol–water partition coefficient (Wildman–Crippen LogP) is 4.06. The van der Waals surface area contributed by atoms with E-state index >= 15 is 0 Å². The van der Waals surface area contributed by atoms with Gasteiger partial charge in [-0.2, -0.15) is 5.10 Å². The van der Waals surface area contributed by atoms with E-state index in [0.717, 1.165) is 0 Å². The number of nitro groups is 1. The van der Waals surface area contributed by atoms with E-state index in [4.69, 9.17) is 9.15 Å². The maximum Gasteiger partial charge on any atom is 0.310 e. The number of anilines is 1. The summed E-state index contributed by atoms with van der Waals surface area (Å²) in [6.07, 6.45) is -1.02. The van der Waals surface area contributed by atoms with Crippen LogP contribution in [0.15, 0.2) is 70.2 Å². The molecule has 10 heteroatoms. The Bertz CT molecular complexity index is 1220. The molecule has 0 aliphatic carbocycles. The number of amides is 2. The number of hydrogen-bond donors (Lipinski definition) is 2. The number of furan rings is 1. The highest BCUT2D eigenvalue weighted by molar-refractivity contribution is 6.04. The highest BCUT2D eigenvalue weighted by Gasteiger charge is 2.20. The summed E-state index contributed by atoms with van der Waals surface area (Å²) in [7, 11) is 0. The molecule has 10 nitrogen and oxygen atoms in total. The molecule has 0 aliphatic heterocycles. The van der Waals surface area contributed by atoms with Gasteiger partial charge in [-0.3, -0.25) is 19.7 Å². The van der Waals surface area contributed by atoms with Crippen LogP contribution in [0.25, 0.3) is 0 Å². The number of ether oxygens (including phenoxy) is 1. The average Bonchev–Trinajstić information content (AvgIpc) is 3.24. The second-order valence-corrected chi connectivity index (χ2v) is 7.10. The van der Waals surface area contributed by atoms with E-state index < -0.39 is 16.9 Å². The first-order chi connectivity index (χ1) is 15.7. The van der Waals surface area contributed by atoms with E-state index in [1.165, 1.54) is 25.1 Å². The third kappa shape index (κ3) is 6.03. The number of carbonyl (C=O) groups is 2. The Balaban J connectivity index is 1.63. The Labute approximate surface area is 189 Å². The van der Waals surface area contributed by atoms with Crippen molar-refractivity contribution in [2.24, 2.45) is 5.10 Å². The molecule has 0 spiro atoms. The zero-order chi connectivity index (χ0) is 24.0. The van der Waals surface area contributed by atoms with Crippen molar-refractivity contribution < 1.29 is 23.7 Å². The zero-order valence-electron chi connectivity index (χ0n) is 18.2. The van der Waals surface area contributed by atoms with Crippen molar-refractivity contribution in [1.82, 2.24) is 5.43 Å². The maximum atomic E-state index is 12.4. The summed E-state index contributed by atoms with van der Waals surface area (Å²) < 4.78 is 10.7. The first-order valence-electron chi connectivity index (χ1n) is 9.97. The number of carbonyl (C=O) groups excluding carboxylic acids is 2. The number of nitro benzene ring substituents is 1. The summed E-state index contributed by atoms with van der Waals surface area (Å²) in [6, 6.07) is 16.0. The van der Waals surface area contributed by atoms with Gasteiger partial charge in [0, 0.05) is 11.8 Å². The molecule has 0 fully saturated rings. The summed E-state index contributed by atoms with van der Waals surface area (Å²) in [5.74, 6) is -0.147. The molecule has 0 bridgehead atoms. The molecule has 2 N–H and O–H groups in total. The Hall–Kier alpha value is -4.47. The summed E-state index contributed by atoms with van der Waals surface area (Å²) >= 11 is 0. The van der Waals surface area contributed by atoms with Crippen LogP contribution in [-0.4, -0.2) is 28.6 Å². The van der Waals surface area contributed by atoms with E-state index in [2.05, 4.69) is 15.8 Å². The van der Waals surface area contributed by atoms with Crippen LogP contribution in [0, 0.1) is 17.0 Å². The molecule has 0 saturated heterocycles. The Morgan fingerprint density at radius 2 is 1.88 bits per heavy atom. The van der Waals surface area contributed by atoms with E-state index in [0.29, 0.717) is 22.7 Å². The summed E-state index contributed by atoms with van der Waals surface area (Å²) in [6.45, 7) is 4.90. The monoisotopic (exact) mass is 450 g/mol. The normalized spacial score (nSPS) is 12.0. The zero-order valence-corrected chi connectivity index (χ0v) is 18.2. The van der Waals surface area contributed by atoms with Crippen molar-refractivity contribution in [3.63, 3.8) is 0 Å². The van der Waals surface area contributed by atoms with Gasteiger partial charge in [-0.25, -0.2) is 5.43 Å². The predicted molar refractivity (Wildman–Crippen MR) is 121 cm³/mol. The van der Waals surface area contributed by atoms with Crippen molar-refractivity contribution in [1.29, 1.82) is 0 Å². The number of hydrazone groups is 1. The van der Waals surface area contributed by atoms with Gasteiger partial charge < -0.3 is 14.5 Å². The van der Waals surface area contributed by atoms with Crippen LogP contribution in [0.2, 0.25) is 0 Å². The highest BCUT2D eigenvalue weighted by Crippen LogP contribution is 2.26. The second-order valence-electron chi connectivity index (χ2n) is 7.10. The van der Waals surface area contributed by atoms with E-state index in [1.807, 2.05) is 0 Å². The molecule has 1 atom stereocenters. The van der Waals surface area contributed by atoms with E-state index in [-0.39, 0.29) is 23.1 Å². The number of rotatable bonds is 8. The number of benzene rings is 2. The molecular formula is C23H22N4O6. The lowest BCUT2D eigenvalue weighted by atomic mass is 10.1. The van der Waals surface area contributed by atoms with Gasteiger partial charge in [-0.15, -0.1) is 0 Å². The summed E-state index contributed by atoms with van der Waals surface area (Å²) in [5.41, 5.74) is 3.82. The van der Waals surface area contributed by atoms with Crippen molar-refractivity contribution in [3.8, 4) is 5.75 Å². The van der Waals surface area contributed by atoms with Gasteiger partial charge >= 0.3 is 5.69 Å². The standard InChI is InChI=1S/C23H22N4O6/c1-14-11-12-21(32-14)23(29)24-18-8-6-7-17(13-18)15(2)25-26-22(28)16(3)33-20-10-5-4-9-19(20)27(30)31/h4-13,16H,1-3H3,(H,24,29)(H,26,28)/t16-/m1/s1. The topological polar surface area (TPSA) is 136 Å². The largest absolute Gasteiger partial charge is 0.474 e.